The summed E-state index contributed by atoms with van der Waals surface area (Å²) in [5.74, 6) is 0.763. The zero-order valence-electron chi connectivity index (χ0n) is 16.7. The Balaban J connectivity index is 1.26. The number of ether oxygens (including phenoxy) is 1. The van der Waals surface area contributed by atoms with Crippen molar-refractivity contribution in [3.63, 3.8) is 0 Å². The van der Waals surface area contributed by atoms with Crippen molar-refractivity contribution in [3.05, 3.63) is 35.4 Å². The van der Waals surface area contributed by atoms with Crippen molar-refractivity contribution in [1.82, 2.24) is 15.1 Å². The van der Waals surface area contributed by atoms with Crippen molar-refractivity contribution in [3.8, 4) is 0 Å². The number of nitrogens with one attached hydrogen (secondary N) is 1. The summed E-state index contributed by atoms with van der Waals surface area (Å²) in [6.07, 6.45) is 3.93. The molecule has 0 aromatic heterocycles. The normalized spacial score (nSPS) is 24.2. The molecule has 1 aromatic rings. The van der Waals surface area contributed by atoms with Gasteiger partial charge in [0.1, 0.15) is 6.10 Å². The van der Waals surface area contributed by atoms with Gasteiger partial charge in [0.05, 0.1) is 12.6 Å². The molecule has 1 saturated carbocycles. The van der Waals surface area contributed by atoms with E-state index in [0.29, 0.717) is 32.2 Å². The minimum Gasteiger partial charge on any atom is -0.368 e. The van der Waals surface area contributed by atoms with Gasteiger partial charge in [-0.1, -0.05) is 29.8 Å². The fourth-order valence-corrected chi connectivity index (χ4v) is 4.20. The van der Waals surface area contributed by atoms with Crippen molar-refractivity contribution in [2.75, 3.05) is 39.3 Å². The molecule has 6 nitrogen and oxygen atoms in total. The van der Waals surface area contributed by atoms with Crippen LogP contribution in [-0.2, 0) is 14.3 Å². The summed E-state index contributed by atoms with van der Waals surface area (Å²) in [4.78, 5) is 29.1. The summed E-state index contributed by atoms with van der Waals surface area (Å²) in [6.45, 7) is 6.01. The van der Waals surface area contributed by atoms with Crippen LogP contribution in [0.15, 0.2) is 24.3 Å². The average molecular weight is 386 g/mol. The van der Waals surface area contributed by atoms with Gasteiger partial charge >= 0.3 is 0 Å². The first-order chi connectivity index (χ1) is 13.6. The number of rotatable bonds is 6. The van der Waals surface area contributed by atoms with Crippen LogP contribution in [0.1, 0.15) is 42.9 Å². The van der Waals surface area contributed by atoms with Crippen LogP contribution >= 0.6 is 0 Å². The van der Waals surface area contributed by atoms with Crippen LogP contribution in [0.2, 0.25) is 0 Å². The number of nitrogens with zero attached hydrogens (tertiary/aromatic N) is 2. The molecule has 1 aromatic carbocycles. The van der Waals surface area contributed by atoms with Gasteiger partial charge in [-0.2, -0.15) is 0 Å². The predicted octanol–water partition coefficient (Wildman–Crippen LogP) is 1.89. The number of hydrogen-bond donors (Lipinski definition) is 1. The van der Waals surface area contributed by atoms with Crippen LogP contribution in [0.3, 0.4) is 0 Å². The summed E-state index contributed by atoms with van der Waals surface area (Å²) in [5.41, 5.74) is 2.44. The maximum atomic E-state index is 12.7. The SMILES string of the molecule is Cc1ccc([C@H](NC(=O)CN2CCN(C(=O)[C@H]3CCCO3)CC2)C2CC2)cc1. The number of piperazine rings is 1. The van der Waals surface area contributed by atoms with Crippen LogP contribution in [0, 0.1) is 12.8 Å². The second-order valence-electron chi connectivity index (χ2n) is 8.40. The first kappa shape index (κ1) is 19.4. The Bertz CT molecular complexity index is 687. The Morgan fingerprint density at radius 1 is 1.11 bits per heavy atom. The number of hydrogen-bond acceptors (Lipinski definition) is 4. The van der Waals surface area contributed by atoms with Gasteiger partial charge < -0.3 is 15.0 Å². The van der Waals surface area contributed by atoms with Crippen molar-refractivity contribution in [1.29, 1.82) is 0 Å². The molecule has 2 saturated heterocycles. The lowest BCUT2D eigenvalue weighted by Gasteiger charge is -2.35. The van der Waals surface area contributed by atoms with E-state index < -0.39 is 0 Å². The second kappa shape index (κ2) is 8.62. The largest absolute Gasteiger partial charge is 0.368 e. The lowest BCUT2D eigenvalue weighted by atomic mass is 10.0. The quantitative estimate of drug-likeness (QED) is 0.812. The minimum atomic E-state index is -0.247. The molecule has 1 aliphatic carbocycles. The molecule has 2 amide bonds. The van der Waals surface area contributed by atoms with Gasteiger partial charge in [0.25, 0.3) is 5.91 Å². The van der Waals surface area contributed by atoms with Crippen molar-refractivity contribution < 1.29 is 14.3 Å². The first-order valence-electron chi connectivity index (χ1n) is 10.6. The van der Waals surface area contributed by atoms with Gasteiger partial charge in [-0.05, 0) is 44.1 Å². The molecule has 3 aliphatic rings. The Hall–Kier alpha value is -1.92. The summed E-state index contributed by atoms with van der Waals surface area (Å²) in [5, 5.41) is 3.26. The molecule has 2 atom stereocenters. The topological polar surface area (TPSA) is 61.9 Å². The fraction of sp³-hybridized carbons (Fsp3) is 0.636. The van der Waals surface area contributed by atoms with Crippen LogP contribution in [0.25, 0.3) is 0 Å². The molecule has 0 spiro atoms. The van der Waals surface area contributed by atoms with Gasteiger partial charge in [-0.15, -0.1) is 0 Å². The molecular weight excluding hydrogens is 354 g/mol. The molecule has 2 heterocycles. The van der Waals surface area contributed by atoms with Crippen molar-refractivity contribution >= 4 is 11.8 Å². The van der Waals surface area contributed by atoms with E-state index in [1.165, 1.54) is 24.0 Å². The smallest absolute Gasteiger partial charge is 0.251 e. The molecule has 6 heteroatoms. The van der Waals surface area contributed by atoms with Crippen LogP contribution < -0.4 is 5.32 Å². The highest BCUT2D eigenvalue weighted by Crippen LogP contribution is 2.41. The highest BCUT2D eigenvalue weighted by molar-refractivity contribution is 5.81. The van der Waals surface area contributed by atoms with Crippen molar-refractivity contribution in [2.45, 2.75) is 44.8 Å². The molecular formula is C22H31N3O3. The van der Waals surface area contributed by atoms with Gasteiger partial charge in [-0.3, -0.25) is 14.5 Å². The molecule has 0 bridgehead atoms. The Morgan fingerprint density at radius 3 is 2.43 bits per heavy atom. The minimum absolute atomic E-state index is 0.0800. The lowest BCUT2D eigenvalue weighted by Crippen LogP contribution is -2.53. The predicted molar refractivity (Wildman–Crippen MR) is 107 cm³/mol. The van der Waals surface area contributed by atoms with Gasteiger partial charge in [0.2, 0.25) is 5.91 Å². The summed E-state index contributed by atoms with van der Waals surface area (Å²) in [6, 6.07) is 8.61. The molecule has 1 N–H and O–H groups in total. The molecule has 4 rings (SSSR count). The summed E-state index contributed by atoms with van der Waals surface area (Å²) >= 11 is 0. The molecule has 3 fully saturated rings. The van der Waals surface area contributed by atoms with E-state index in [-0.39, 0.29) is 24.0 Å². The Kier molecular flexibility index (Phi) is 5.97. The van der Waals surface area contributed by atoms with Gasteiger partial charge in [0, 0.05) is 32.8 Å². The Labute approximate surface area is 167 Å². The first-order valence-corrected chi connectivity index (χ1v) is 10.6. The van der Waals surface area contributed by atoms with Crippen molar-refractivity contribution in [2.24, 2.45) is 5.92 Å². The van der Waals surface area contributed by atoms with Crippen LogP contribution in [0.4, 0.5) is 0 Å². The monoisotopic (exact) mass is 385 g/mol. The third-order valence-electron chi connectivity index (χ3n) is 6.10. The Morgan fingerprint density at radius 2 is 1.82 bits per heavy atom. The van der Waals surface area contributed by atoms with E-state index in [4.69, 9.17) is 4.74 Å². The van der Waals surface area contributed by atoms with E-state index in [9.17, 15) is 9.59 Å². The van der Waals surface area contributed by atoms with E-state index >= 15 is 0 Å². The van der Waals surface area contributed by atoms with Gasteiger partial charge in [-0.25, -0.2) is 0 Å². The number of benzene rings is 1. The van der Waals surface area contributed by atoms with Crippen LogP contribution in [0.5, 0.6) is 0 Å². The standard InChI is InChI=1S/C22H31N3O3/c1-16-4-6-17(7-5-16)21(18-8-9-18)23-20(26)15-24-10-12-25(13-11-24)22(27)19-3-2-14-28-19/h4-7,18-19,21H,2-3,8-15H2,1H3,(H,23,26)/t19-,21+/m1/s1. The molecule has 152 valence electrons. The molecule has 0 radical (unpaired) electrons. The summed E-state index contributed by atoms with van der Waals surface area (Å²) in [7, 11) is 0. The highest BCUT2D eigenvalue weighted by atomic mass is 16.5. The molecule has 0 unspecified atom stereocenters. The maximum absolute atomic E-state index is 12.7. The van der Waals surface area contributed by atoms with E-state index in [2.05, 4.69) is 41.4 Å². The van der Waals surface area contributed by atoms with Gasteiger partial charge in [0.15, 0.2) is 0 Å². The number of amides is 2. The van der Waals surface area contributed by atoms with E-state index in [1.54, 1.807) is 0 Å². The van der Waals surface area contributed by atoms with E-state index in [1.807, 2.05) is 4.90 Å². The highest BCUT2D eigenvalue weighted by Gasteiger charge is 2.34. The summed E-state index contributed by atoms with van der Waals surface area (Å²) < 4.78 is 5.51. The third-order valence-corrected chi connectivity index (χ3v) is 6.10. The third kappa shape index (κ3) is 4.73. The van der Waals surface area contributed by atoms with E-state index in [0.717, 1.165) is 25.9 Å². The second-order valence-corrected chi connectivity index (χ2v) is 8.40. The lowest BCUT2D eigenvalue weighted by molar-refractivity contribution is -0.142. The average Bonchev–Trinajstić information content (AvgIpc) is 3.40. The zero-order chi connectivity index (χ0) is 19.5. The number of aryl methyl sites for hydroxylation is 1. The molecule has 2 aliphatic heterocycles. The number of carbonyl (C=O) groups is 2. The zero-order valence-corrected chi connectivity index (χ0v) is 16.7. The molecule has 28 heavy (non-hydrogen) atoms. The maximum Gasteiger partial charge on any atom is 0.251 e. The van der Waals surface area contributed by atoms with Crippen LogP contribution in [-0.4, -0.2) is 67.0 Å². The number of carbonyl (C=O) groups excluding carboxylic acids is 2. The fourth-order valence-electron chi connectivity index (χ4n) is 4.20.